The Bertz CT molecular complexity index is 910. The lowest BCUT2D eigenvalue weighted by Gasteiger charge is -2.33. The van der Waals surface area contributed by atoms with Crippen LogP contribution in [0.25, 0.3) is 0 Å². The van der Waals surface area contributed by atoms with Gasteiger partial charge >= 0.3 is 12.1 Å². The van der Waals surface area contributed by atoms with Gasteiger partial charge in [0.1, 0.15) is 5.54 Å². The van der Waals surface area contributed by atoms with Crippen LogP contribution in [0.4, 0.5) is 0 Å². The molecule has 7 heteroatoms. The van der Waals surface area contributed by atoms with E-state index < -0.39 is 23.3 Å². The summed E-state index contributed by atoms with van der Waals surface area (Å²) < 4.78 is 0. The maximum atomic E-state index is 12.7. The number of aliphatic carboxylic acids is 1. The van der Waals surface area contributed by atoms with Crippen molar-refractivity contribution >= 4 is 23.9 Å². The van der Waals surface area contributed by atoms with Crippen molar-refractivity contribution in [2.45, 2.75) is 25.8 Å². The highest BCUT2D eigenvalue weighted by Crippen LogP contribution is 2.32. The standard InChI is InChI=1S/C19H17NO4.CO2/c1-12-6-5-7-13(10-12)11-19(2,18(23)24)20-16(21)14-8-3-4-9-15(14)17(20)22;2-1-3/h3-10H,11H2,1-2H3,(H,23,24);/t19-;/m0./s1. The maximum absolute atomic E-state index is 12.7. The van der Waals surface area contributed by atoms with Crippen LogP contribution in [-0.4, -0.2) is 39.5 Å². The number of amides is 2. The molecule has 2 aromatic rings. The number of hydrogen-bond donors (Lipinski definition) is 1. The topological polar surface area (TPSA) is 109 Å². The summed E-state index contributed by atoms with van der Waals surface area (Å²) in [6.07, 6.45) is 0.301. The zero-order valence-electron chi connectivity index (χ0n) is 14.8. The summed E-state index contributed by atoms with van der Waals surface area (Å²) in [7, 11) is 0. The lowest BCUT2D eigenvalue weighted by Crippen LogP contribution is -2.56. The first-order chi connectivity index (χ1) is 12.8. The van der Waals surface area contributed by atoms with Gasteiger partial charge in [-0.15, -0.1) is 0 Å². The van der Waals surface area contributed by atoms with Gasteiger partial charge in [0.25, 0.3) is 11.8 Å². The Balaban J connectivity index is 0.000000817. The lowest BCUT2D eigenvalue weighted by atomic mass is 9.90. The van der Waals surface area contributed by atoms with E-state index in [0.29, 0.717) is 0 Å². The molecule has 0 unspecified atom stereocenters. The van der Waals surface area contributed by atoms with Gasteiger partial charge in [-0.1, -0.05) is 42.0 Å². The van der Waals surface area contributed by atoms with E-state index in [1.165, 1.54) is 6.92 Å². The zero-order valence-corrected chi connectivity index (χ0v) is 14.8. The van der Waals surface area contributed by atoms with Crippen molar-refractivity contribution < 1.29 is 29.1 Å². The average molecular weight is 367 g/mol. The van der Waals surface area contributed by atoms with Gasteiger partial charge < -0.3 is 5.11 Å². The molecule has 0 aromatic heterocycles. The highest BCUT2D eigenvalue weighted by Gasteiger charge is 2.50. The molecule has 2 amide bonds. The molecule has 0 saturated heterocycles. The molecule has 1 atom stereocenters. The predicted molar refractivity (Wildman–Crippen MR) is 92.9 cm³/mol. The quantitative estimate of drug-likeness (QED) is 0.829. The minimum atomic E-state index is -1.65. The molecule has 0 saturated carbocycles. The van der Waals surface area contributed by atoms with E-state index in [4.69, 9.17) is 9.59 Å². The molecule has 0 bridgehead atoms. The smallest absolute Gasteiger partial charge is 0.373 e. The summed E-state index contributed by atoms with van der Waals surface area (Å²) in [6, 6.07) is 13.8. The summed E-state index contributed by atoms with van der Waals surface area (Å²) in [6.45, 7) is 3.32. The van der Waals surface area contributed by atoms with E-state index in [1.54, 1.807) is 30.3 Å². The lowest BCUT2D eigenvalue weighted by molar-refractivity contribution is -0.191. The van der Waals surface area contributed by atoms with Crippen molar-refractivity contribution in [3.63, 3.8) is 0 Å². The van der Waals surface area contributed by atoms with Crippen molar-refractivity contribution in [3.05, 3.63) is 70.8 Å². The van der Waals surface area contributed by atoms with E-state index in [-0.39, 0.29) is 23.7 Å². The fraction of sp³-hybridized carbons (Fsp3) is 0.200. The van der Waals surface area contributed by atoms with Gasteiger partial charge in [-0.3, -0.25) is 14.5 Å². The molecule has 0 radical (unpaired) electrons. The number of fused-ring (bicyclic) bond motifs is 1. The molecule has 2 aromatic carbocycles. The van der Waals surface area contributed by atoms with Crippen molar-refractivity contribution in [1.29, 1.82) is 0 Å². The van der Waals surface area contributed by atoms with Crippen LogP contribution in [0.2, 0.25) is 0 Å². The highest BCUT2D eigenvalue weighted by molar-refractivity contribution is 6.23. The first-order valence-electron chi connectivity index (χ1n) is 8.02. The number of hydrogen-bond acceptors (Lipinski definition) is 5. The summed E-state index contributed by atoms with van der Waals surface area (Å²) in [5.74, 6) is -2.33. The van der Waals surface area contributed by atoms with Gasteiger partial charge in [-0.2, -0.15) is 9.59 Å². The van der Waals surface area contributed by atoms with E-state index in [0.717, 1.165) is 16.0 Å². The summed E-state index contributed by atoms with van der Waals surface area (Å²) in [5, 5.41) is 9.79. The first kappa shape index (κ1) is 19.8. The van der Waals surface area contributed by atoms with Crippen LogP contribution in [0, 0.1) is 6.92 Å². The average Bonchev–Trinajstić information content (AvgIpc) is 2.87. The number of benzene rings is 2. The zero-order chi connectivity index (χ0) is 20.2. The van der Waals surface area contributed by atoms with Crippen molar-refractivity contribution in [2.24, 2.45) is 0 Å². The van der Waals surface area contributed by atoms with Crippen LogP contribution in [0.3, 0.4) is 0 Å². The van der Waals surface area contributed by atoms with E-state index in [1.807, 2.05) is 25.1 Å². The van der Waals surface area contributed by atoms with Gasteiger partial charge in [0, 0.05) is 6.42 Å². The molecule has 1 aliphatic rings. The van der Waals surface area contributed by atoms with Gasteiger partial charge in [0.15, 0.2) is 0 Å². The van der Waals surface area contributed by atoms with Gasteiger partial charge in [0.2, 0.25) is 0 Å². The fourth-order valence-electron chi connectivity index (χ4n) is 3.11. The number of rotatable bonds is 4. The van der Waals surface area contributed by atoms with Gasteiger partial charge in [-0.05, 0) is 31.5 Å². The first-order valence-corrected chi connectivity index (χ1v) is 8.02. The molecule has 138 valence electrons. The molecule has 0 fully saturated rings. The third kappa shape index (κ3) is 3.68. The molecule has 1 aliphatic heterocycles. The largest absolute Gasteiger partial charge is 0.479 e. The van der Waals surface area contributed by atoms with Crippen LogP contribution < -0.4 is 0 Å². The number of carbonyl (C=O) groups excluding carboxylic acids is 4. The van der Waals surface area contributed by atoms with Crippen LogP contribution in [0.5, 0.6) is 0 Å². The van der Waals surface area contributed by atoms with E-state index in [9.17, 15) is 19.5 Å². The minimum Gasteiger partial charge on any atom is -0.479 e. The van der Waals surface area contributed by atoms with Crippen molar-refractivity contribution in [2.75, 3.05) is 0 Å². The van der Waals surface area contributed by atoms with Crippen molar-refractivity contribution in [1.82, 2.24) is 4.90 Å². The Kier molecular flexibility index (Phi) is 5.68. The number of carboxylic acid groups (broad SMARTS) is 1. The van der Waals surface area contributed by atoms with Gasteiger partial charge in [0.05, 0.1) is 11.1 Å². The second kappa shape index (κ2) is 7.76. The molecular formula is C20H17NO6. The molecular weight excluding hydrogens is 350 g/mol. The SMILES string of the molecule is Cc1cccc(C[C@@](C)(C(=O)O)N2C(=O)c3ccccc3C2=O)c1.O=C=O. The van der Waals surface area contributed by atoms with E-state index >= 15 is 0 Å². The van der Waals surface area contributed by atoms with Gasteiger partial charge in [-0.25, -0.2) is 4.79 Å². The second-order valence-corrected chi connectivity index (χ2v) is 6.32. The fourth-order valence-corrected chi connectivity index (χ4v) is 3.11. The number of carbonyl (C=O) groups is 3. The Morgan fingerprint density at radius 1 is 1.04 bits per heavy atom. The molecule has 1 heterocycles. The minimum absolute atomic E-state index is 0.0511. The second-order valence-electron chi connectivity index (χ2n) is 6.32. The van der Waals surface area contributed by atoms with Crippen LogP contribution >= 0.6 is 0 Å². The number of carboxylic acids is 1. The van der Waals surface area contributed by atoms with Crippen LogP contribution in [-0.2, 0) is 20.8 Å². The molecule has 27 heavy (non-hydrogen) atoms. The van der Waals surface area contributed by atoms with Crippen LogP contribution in [0.15, 0.2) is 48.5 Å². The third-order valence-corrected chi connectivity index (χ3v) is 4.38. The van der Waals surface area contributed by atoms with E-state index in [2.05, 4.69) is 0 Å². The van der Waals surface area contributed by atoms with Crippen LogP contribution in [0.1, 0.15) is 38.8 Å². The molecule has 1 N–H and O–H groups in total. The normalized spacial score (nSPS) is 14.5. The summed E-state index contributed by atoms with van der Waals surface area (Å²) in [5.41, 5.74) is 0.596. The number of imide groups is 1. The molecule has 7 nitrogen and oxygen atoms in total. The highest BCUT2D eigenvalue weighted by atomic mass is 16.4. The summed E-state index contributed by atoms with van der Waals surface area (Å²) >= 11 is 0. The Morgan fingerprint density at radius 3 is 2.00 bits per heavy atom. The molecule has 0 aliphatic carbocycles. The molecule has 0 spiro atoms. The third-order valence-electron chi connectivity index (χ3n) is 4.38. The Hall–Kier alpha value is -3.57. The Morgan fingerprint density at radius 2 is 1.56 bits per heavy atom. The van der Waals surface area contributed by atoms with Crippen molar-refractivity contribution in [3.8, 4) is 0 Å². The Labute approximate surface area is 155 Å². The summed E-state index contributed by atoms with van der Waals surface area (Å²) in [4.78, 5) is 54.4. The number of aryl methyl sites for hydroxylation is 1. The predicted octanol–water partition coefficient (Wildman–Crippen LogP) is 2.09. The monoisotopic (exact) mass is 367 g/mol. The maximum Gasteiger partial charge on any atom is 0.373 e. The number of nitrogens with zero attached hydrogens (tertiary/aromatic N) is 1. The molecule has 3 rings (SSSR count).